The second-order valence-electron chi connectivity index (χ2n) is 9.14. The van der Waals surface area contributed by atoms with Gasteiger partial charge in [-0.1, -0.05) is 30.3 Å². The molecule has 0 unspecified atom stereocenters. The Morgan fingerprint density at radius 2 is 1.82 bits per heavy atom. The molecule has 38 heavy (non-hydrogen) atoms. The van der Waals surface area contributed by atoms with Crippen molar-refractivity contribution >= 4 is 5.97 Å². The Labute approximate surface area is 215 Å². The minimum Gasteiger partial charge on any atom is -0.479 e. The fourth-order valence-corrected chi connectivity index (χ4v) is 4.64. The Bertz CT molecular complexity index is 1090. The summed E-state index contributed by atoms with van der Waals surface area (Å²) in [6.07, 6.45) is -12.5. The Hall–Kier alpha value is -2.94. The van der Waals surface area contributed by atoms with E-state index in [-0.39, 0.29) is 29.9 Å². The Morgan fingerprint density at radius 3 is 2.50 bits per heavy atom. The highest BCUT2D eigenvalue weighted by Crippen LogP contribution is 2.32. The number of carboxylic acid groups (broad SMARTS) is 1. The Balaban J connectivity index is 1.57. The summed E-state index contributed by atoms with van der Waals surface area (Å²) < 4.78 is 53.5. The maximum absolute atomic E-state index is 12.9. The molecule has 13 heteroatoms. The first-order valence-electron chi connectivity index (χ1n) is 12.0. The lowest BCUT2D eigenvalue weighted by Crippen LogP contribution is -2.61. The molecule has 208 valence electrons. The van der Waals surface area contributed by atoms with Crippen molar-refractivity contribution in [3.8, 4) is 11.5 Å². The van der Waals surface area contributed by atoms with Gasteiger partial charge in [0, 0.05) is 24.2 Å². The molecule has 0 aromatic heterocycles. The van der Waals surface area contributed by atoms with Gasteiger partial charge in [0.25, 0.3) is 0 Å². The van der Waals surface area contributed by atoms with E-state index in [0.717, 1.165) is 43.1 Å². The normalized spacial score (nSPS) is 30.0. The highest BCUT2D eigenvalue weighted by atomic mass is 19.4. The van der Waals surface area contributed by atoms with Crippen LogP contribution in [0.15, 0.2) is 48.5 Å². The highest BCUT2D eigenvalue weighted by Gasteiger charge is 2.48. The van der Waals surface area contributed by atoms with Crippen LogP contribution in [-0.2, 0) is 16.1 Å². The number of halogens is 3. The Kier molecular flexibility index (Phi) is 8.75. The first kappa shape index (κ1) is 28.1. The van der Waals surface area contributed by atoms with Gasteiger partial charge >= 0.3 is 12.3 Å². The molecule has 2 aliphatic rings. The summed E-state index contributed by atoms with van der Waals surface area (Å²) in [4.78, 5) is 11.4. The van der Waals surface area contributed by atoms with E-state index in [9.17, 15) is 38.4 Å². The average Bonchev–Trinajstić information content (AvgIpc) is 2.88. The van der Waals surface area contributed by atoms with Crippen molar-refractivity contribution in [3.63, 3.8) is 0 Å². The van der Waals surface area contributed by atoms with Crippen molar-refractivity contribution in [2.75, 3.05) is 6.54 Å². The number of rotatable bonds is 8. The van der Waals surface area contributed by atoms with Crippen LogP contribution >= 0.6 is 0 Å². The summed E-state index contributed by atoms with van der Waals surface area (Å²) in [5.74, 6) is -2.14. The molecule has 2 aromatic carbocycles. The third-order valence-corrected chi connectivity index (χ3v) is 6.49. The minimum absolute atomic E-state index is 0.0242. The predicted molar refractivity (Wildman–Crippen MR) is 125 cm³/mol. The van der Waals surface area contributed by atoms with Crippen molar-refractivity contribution < 1.29 is 52.6 Å². The van der Waals surface area contributed by atoms with Gasteiger partial charge in [-0.05, 0) is 43.1 Å². The minimum atomic E-state index is -4.93. The number of aliphatic carboxylic acids is 1. The molecule has 0 aliphatic carbocycles. The molecule has 2 saturated heterocycles. The molecule has 4 rings (SSSR count). The number of hydrogen-bond acceptors (Lipinski definition) is 9. The highest BCUT2D eigenvalue weighted by molar-refractivity contribution is 5.73. The second-order valence-corrected chi connectivity index (χ2v) is 9.14. The molecule has 10 nitrogen and oxygen atoms in total. The molecule has 0 bridgehead atoms. The first-order valence-corrected chi connectivity index (χ1v) is 12.0. The van der Waals surface area contributed by atoms with E-state index in [0.29, 0.717) is 0 Å². The van der Waals surface area contributed by atoms with Gasteiger partial charge in [0.15, 0.2) is 6.10 Å². The summed E-state index contributed by atoms with van der Waals surface area (Å²) >= 11 is 0. The van der Waals surface area contributed by atoms with E-state index in [1.54, 1.807) is 0 Å². The number of carboxylic acids is 1. The molecule has 7 atom stereocenters. The molecule has 2 aliphatic heterocycles. The van der Waals surface area contributed by atoms with E-state index < -0.39 is 48.8 Å². The average molecular weight is 543 g/mol. The molecular formula is C25H29F3N2O8. The fraction of sp³-hybridized carbons (Fsp3) is 0.480. The van der Waals surface area contributed by atoms with Gasteiger partial charge in [-0.2, -0.15) is 0 Å². The zero-order valence-corrected chi connectivity index (χ0v) is 20.0. The van der Waals surface area contributed by atoms with Crippen LogP contribution in [0.5, 0.6) is 11.5 Å². The van der Waals surface area contributed by atoms with Crippen molar-refractivity contribution in [1.82, 2.24) is 10.6 Å². The molecule has 2 heterocycles. The number of benzene rings is 2. The van der Waals surface area contributed by atoms with Gasteiger partial charge in [-0.25, -0.2) is 4.79 Å². The van der Waals surface area contributed by atoms with Crippen LogP contribution in [0.4, 0.5) is 13.2 Å². The summed E-state index contributed by atoms with van der Waals surface area (Å²) in [5, 5.41) is 46.3. The monoisotopic (exact) mass is 542 g/mol. The summed E-state index contributed by atoms with van der Waals surface area (Å²) in [6, 6.07) is 12.8. The van der Waals surface area contributed by atoms with Crippen LogP contribution in [0.25, 0.3) is 0 Å². The number of piperidine rings is 1. The van der Waals surface area contributed by atoms with E-state index in [1.165, 1.54) is 0 Å². The van der Waals surface area contributed by atoms with Crippen LogP contribution in [0.3, 0.4) is 0 Å². The van der Waals surface area contributed by atoms with Crippen molar-refractivity contribution in [2.24, 2.45) is 0 Å². The Morgan fingerprint density at radius 1 is 1.08 bits per heavy atom. The fourth-order valence-electron chi connectivity index (χ4n) is 4.64. The number of ether oxygens (including phenoxy) is 3. The number of carbonyl (C=O) groups is 1. The van der Waals surface area contributed by atoms with Crippen molar-refractivity contribution in [3.05, 3.63) is 59.7 Å². The third-order valence-electron chi connectivity index (χ3n) is 6.49. The van der Waals surface area contributed by atoms with Crippen LogP contribution in [0, 0.1) is 0 Å². The quantitative estimate of drug-likeness (QED) is 0.289. The third kappa shape index (κ3) is 6.73. The molecule has 6 N–H and O–H groups in total. The van der Waals surface area contributed by atoms with E-state index in [2.05, 4.69) is 15.4 Å². The lowest BCUT2D eigenvalue weighted by atomic mass is 9.92. The molecule has 0 spiro atoms. The maximum atomic E-state index is 12.9. The number of hydrogen-bond donors (Lipinski definition) is 6. The number of aliphatic hydroxyl groups is 3. The van der Waals surface area contributed by atoms with E-state index in [4.69, 9.17) is 9.47 Å². The zero-order valence-electron chi connectivity index (χ0n) is 20.0. The van der Waals surface area contributed by atoms with Crippen molar-refractivity contribution in [1.29, 1.82) is 0 Å². The van der Waals surface area contributed by atoms with Crippen LogP contribution in [-0.4, -0.2) is 76.1 Å². The lowest BCUT2D eigenvalue weighted by Gasteiger charge is -2.38. The first-order chi connectivity index (χ1) is 18.0. The molecular weight excluding hydrogens is 513 g/mol. The van der Waals surface area contributed by atoms with E-state index in [1.807, 2.05) is 30.3 Å². The van der Waals surface area contributed by atoms with Gasteiger partial charge < -0.3 is 45.3 Å². The summed E-state index contributed by atoms with van der Waals surface area (Å²) in [7, 11) is 0. The SMILES string of the molecule is O=C(O)[C@H]1O[C@@H](Oc2ccc(OC(F)(F)F)cc2CN[C@H]2CCCN[C@H]2c2ccccc2)[C@H](O)[C@@H](O)[C@@H]1O. The van der Waals surface area contributed by atoms with Gasteiger partial charge in [0.1, 0.15) is 29.8 Å². The lowest BCUT2D eigenvalue weighted by molar-refractivity contribution is -0.274. The maximum Gasteiger partial charge on any atom is 0.573 e. The molecule has 0 amide bonds. The smallest absolute Gasteiger partial charge is 0.479 e. The zero-order chi connectivity index (χ0) is 27.4. The van der Waals surface area contributed by atoms with E-state index >= 15 is 0 Å². The largest absolute Gasteiger partial charge is 0.573 e. The second kappa shape index (κ2) is 11.8. The molecule has 2 aromatic rings. The van der Waals surface area contributed by atoms with Crippen LogP contribution in [0.1, 0.15) is 30.0 Å². The summed E-state index contributed by atoms with van der Waals surface area (Å²) in [5.41, 5.74) is 1.24. The van der Waals surface area contributed by atoms with Crippen molar-refractivity contribution in [2.45, 2.75) is 68.5 Å². The van der Waals surface area contributed by atoms with Crippen LogP contribution < -0.4 is 20.1 Å². The molecule has 0 saturated carbocycles. The van der Waals surface area contributed by atoms with Crippen LogP contribution in [0.2, 0.25) is 0 Å². The molecule has 2 fully saturated rings. The van der Waals surface area contributed by atoms with Gasteiger partial charge in [0.2, 0.25) is 6.29 Å². The predicted octanol–water partition coefficient (Wildman–Crippen LogP) is 1.44. The number of nitrogens with one attached hydrogen (secondary N) is 2. The van der Waals surface area contributed by atoms with Gasteiger partial charge in [-0.15, -0.1) is 13.2 Å². The number of alkyl halides is 3. The number of aliphatic hydroxyl groups excluding tert-OH is 3. The topological polar surface area (TPSA) is 150 Å². The van der Waals surface area contributed by atoms with Gasteiger partial charge in [0.05, 0.1) is 0 Å². The molecule has 0 radical (unpaired) electrons. The standard InChI is InChI=1S/C25H29F3N2O8/c26-25(27,28)38-15-8-9-17(36-24-21(33)19(31)20(32)22(37-24)23(34)35)14(11-15)12-30-16-7-4-10-29-18(16)13-5-2-1-3-6-13/h1-3,5-6,8-9,11,16,18-22,24,29-33H,4,7,10,12H2,(H,34,35)/t16-,18-,19-,20-,21+,22-,24+/m0/s1. The van der Waals surface area contributed by atoms with Gasteiger partial charge in [-0.3, -0.25) is 0 Å². The summed E-state index contributed by atoms with van der Waals surface area (Å²) in [6.45, 7) is 0.827.